The van der Waals surface area contributed by atoms with Crippen LogP contribution < -0.4 is 5.32 Å². The number of carbonyl (C=O) groups excluding carboxylic acids is 1. The van der Waals surface area contributed by atoms with Gasteiger partial charge < -0.3 is 25.5 Å². The van der Waals surface area contributed by atoms with Crippen molar-refractivity contribution in [2.75, 3.05) is 39.3 Å². The number of rotatable bonds is 6. The van der Waals surface area contributed by atoms with E-state index in [1.165, 1.54) is 32.1 Å². The number of likely N-dealkylation sites (tertiary alicyclic amines) is 2. The molecule has 2 saturated heterocycles. The Balaban J connectivity index is 0.000000672. The number of nitrogens with zero attached hydrogens (tertiary/aromatic N) is 2. The Morgan fingerprint density at radius 1 is 0.933 bits per heavy atom. The lowest BCUT2D eigenvalue weighted by Crippen LogP contribution is -2.59. The summed E-state index contributed by atoms with van der Waals surface area (Å²) in [6.45, 7) is 5.50. The highest BCUT2D eigenvalue weighted by Gasteiger charge is 2.45. The molecule has 9 nitrogen and oxygen atoms in total. The number of carboxylic acid groups (broad SMARTS) is 2. The van der Waals surface area contributed by atoms with Gasteiger partial charge in [-0.05, 0) is 64.6 Å². The number of hydrogen-bond donors (Lipinski definition) is 4. The SMILES string of the molecule is O=C(NCCCN1CCC(O)CC1)C1(N2CCCC2)CCCCC1.O=CO.O=CO. The molecule has 1 amide bonds. The van der Waals surface area contributed by atoms with Crippen molar-refractivity contribution in [1.29, 1.82) is 0 Å². The minimum absolute atomic E-state index is 0.104. The van der Waals surface area contributed by atoms with E-state index in [1.54, 1.807) is 0 Å². The van der Waals surface area contributed by atoms with Crippen molar-refractivity contribution in [2.24, 2.45) is 0 Å². The lowest BCUT2D eigenvalue weighted by Gasteiger charge is -2.43. The van der Waals surface area contributed by atoms with Gasteiger partial charge in [0, 0.05) is 19.6 Å². The van der Waals surface area contributed by atoms with E-state index in [-0.39, 0.29) is 30.5 Å². The predicted octanol–water partition coefficient (Wildman–Crippen LogP) is 1.15. The first-order chi connectivity index (χ1) is 14.5. The molecule has 2 aliphatic heterocycles. The van der Waals surface area contributed by atoms with Crippen molar-refractivity contribution in [2.45, 2.75) is 75.9 Å². The number of piperidine rings is 1. The van der Waals surface area contributed by atoms with Gasteiger partial charge in [0.15, 0.2) is 0 Å². The van der Waals surface area contributed by atoms with Gasteiger partial charge in [-0.25, -0.2) is 0 Å². The minimum atomic E-state index is -0.250. The Morgan fingerprint density at radius 3 is 2.00 bits per heavy atom. The van der Waals surface area contributed by atoms with Gasteiger partial charge >= 0.3 is 0 Å². The number of hydrogen-bond acceptors (Lipinski definition) is 6. The van der Waals surface area contributed by atoms with Gasteiger partial charge in [-0.3, -0.25) is 19.3 Å². The van der Waals surface area contributed by atoms with Crippen LogP contribution >= 0.6 is 0 Å². The second-order valence-corrected chi connectivity index (χ2v) is 8.18. The number of nitrogens with one attached hydrogen (secondary N) is 1. The van der Waals surface area contributed by atoms with Crippen molar-refractivity contribution in [3.63, 3.8) is 0 Å². The second-order valence-electron chi connectivity index (χ2n) is 8.18. The number of amides is 1. The molecule has 174 valence electrons. The zero-order chi connectivity index (χ0) is 22.2. The van der Waals surface area contributed by atoms with Crippen molar-refractivity contribution >= 4 is 18.9 Å². The first kappa shape index (κ1) is 26.3. The molecule has 3 fully saturated rings. The quantitative estimate of drug-likeness (QED) is 0.365. The Kier molecular flexibility index (Phi) is 13.3. The average molecular weight is 430 g/mol. The highest BCUT2D eigenvalue weighted by atomic mass is 16.3. The van der Waals surface area contributed by atoms with E-state index < -0.39 is 0 Å². The van der Waals surface area contributed by atoms with E-state index in [4.69, 9.17) is 19.8 Å². The molecule has 1 saturated carbocycles. The summed E-state index contributed by atoms with van der Waals surface area (Å²) in [7, 11) is 0. The van der Waals surface area contributed by atoms with Gasteiger partial charge in [0.05, 0.1) is 6.10 Å². The summed E-state index contributed by atoms with van der Waals surface area (Å²) >= 11 is 0. The number of aliphatic hydroxyl groups is 1. The fraction of sp³-hybridized carbons (Fsp3) is 0.857. The topological polar surface area (TPSA) is 130 Å². The molecule has 1 aliphatic carbocycles. The first-order valence-corrected chi connectivity index (χ1v) is 11.1. The van der Waals surface area contributed by atoms with Crippen LogP contribution in [-0.4, -0.2) is 94.9 Å². The molecule has 0 aromatic rings. The molecule has 0 unspecified atom stereocenters. The van der Waals surface area contributed by atoms with Crippen LogP contribution in [0.2, 0.25) is 0 Å². The van der Waals surface area contributed by atoms with Crippen LogP contribution in [0.1, 0.15) is 64.2 Å². The van der Waals surface area contributed by atoms with E-state index in [0.29, 0.717) is 0 Å². The van der Waals surface area contributed by atoms with E-state index >= 15 is 0 Å². The minimum Gasteiger partial charge on any atom is -0.483 e. The molecule has 30 heavy (non-hydrogen) atoms. The molecule has 0 aromatic carbocycles. The van der Waals surface area contributed by atoms with Gasteiger partial charge in [0.1, 0.15) is 5.54 Å². The smallest absolute Gasteiger partial charge is 0.290 e. The van der Waals surface area contributed by atoms with Gasteiger partial charge in [0.25, 0.3) is 12.9 Å². The highest BCUT2D eigenvalue weighted by molar-refractivity contribution is 5.86. The lowest BCUT2D eigenvalue weighted by molar-refractivity contribution is -0.135. The van der Waals surface area contributed by atoms with Crippen LogP contribution in [0.25, 0.3) is 0 Å². The van der Waals surface area contributed by atoms with Gasteiger partial charge in [-0.1, -0.05) is 19.3 Å². The Morgan fingerprint density at radius 2 is 1.47 bits per heavy atom. The Labute approximate surface area is 179 Å². The number of aliphatic hydroxyl groups excluding tert-OH is 1. The second kappa shape index (κ2) is 15.1. The van der Waals surface area contributed by atoms with Crippen LogP contribution in [0, 0.1) is 0 Å². The fourth-order valence-corrected chi connectivity index (χ4v) is 4.78. The van der Waals surface area contributed by atoms with Crippen LogP contribution in [0.5, 0.6) is 0 Å². The van der Waals surface area contributed by atoms with Crippen LogP contribution in [0.4, 0.5) is 0 Å². The molecule has 3 rings (SSSR count). The van der Waals surface area contributed by atoms with Crippen molar-refractivity contribution < 1.29 is 29.7 Å². The fourth-order valence-electron chi connectivity index (χ4n) is 4.78. The molecule has 4 N–H and O–H groups in total. The van der Waals surface area contributed by atoms with Gasteiger partial charge in [0.2, 0.25) is 5.91 Å². The average Bonchev–Trinajstić information content (AvgIpc) is 3.29. The molecule has 2 heterocycles. The van der Waals surface area contributed by atoms with E-state index in [0.717, 1.165) is 71.4 Å². The van der Waals surface area contributed by atoms with Crippen molar-refractivity contribution in [3.05, 3.63) is 0 Å². The zero-order valence-electron chi connectivity index (χ0n) is 18.0. The normalized spacial score (nSPS) is 22.0. The predicted molar refractivity (Wildman–Crippen MR) is 113 cm³/mol. The molecule has 0 aromatic heterocycles. The molecule has 9 heteroatoms. The highest BCUT2D eigenvalue weighted by Crippen LogP contribution is 2.36. The lowest BCUT2D eigenvalue weighted by atomic mass is 9.79. The maximum absolute atomic E-state index is 13.0. The van der Waals surface area contributed by atoms with Crippen LogP contribution in [0.15, 0.2) is 0 Å². The molecule has 3 aliphatic rings. The molecular formula is C21H39N3O6. The summed E-state index contributed by atoms with van der Waals surface area (Å²) in [5.74, 6) is 0.290. The maximum Gasteiger partial charge on any atom is 0.290 e. The van der Waals surface area contributed by atoms with Crippen LogP contribution in [-0.2, 0) is 14.4 Å². The third-order valence-electron chi connectivity index (χ3n) is 6.31. The third-order valence-corrected chi connectivity index (χ3v) is 6.31. The monoisotopic (exact) mass is 429 g/mol. The van der Waals surface area contributed by atoms with Crippen LogP contribution in [0.3, 0.4) is 0 Å². The van der Waals surface area contributed by atoms with Gasteiger partial charge in [-0.15, -0.1) is 0 Å². The van der Waals surface area contributed by atoms with E-state index in [9.17, 15) is 9.90 Å². The van der Waals surface area contributed by atoms with Crippen molar-refractivity contribution in [1.82, 2.24) is 15.1 Å². The summed E-state index contributed by atoms with van der Waals surface area (Å²) in [5, 5.41) is 26.6. The molecule has 0 radical (unpaired) electrons. The van der Waals surface area contributed by atoms with Crippen molar-refractivity contribution in [3.8, 4) is 0 Å². The Bertz CT molecular complexity index is 479. The summed E-state index contributed by atoms with van der Waals surface area (Å²) in [6, 6.07) is 0. The zero-order valence-corrected chi connectivity index (χ0v) is 18.0. The summed E-state index contributed by atoms with van der Waals surface area (Å²) < 4.78 is 0. The molecule has 0 bridgehead atoms. The number of carbonyl (C=O) groups is 3. The van der Waals surface area contributed by atoms with E-state index in [2.05, 4.69) is 15.1 Å². The first-order valence-electron chi connectivity index (χ1n) is 11.1. The summed E-state index contributed by atoms with van der Waals surface area (Å²) in [5.41, 5.74) is -0.204. The molecular weight excluding hydrogens is 390 g/mol. The molecule has 0 spiro atoms. The van der Waals surface area contributed by atoms with Gasteiger partial charge in [-0.2, -0.15) is 0 Å². The standard InChI is InChI=1S/C19H35N3O2.2CH2O2/c23-17-7-15-21(16-8-17)12-6-11-20-18(24)19(9-2-1-3-10-19)22-13-4-5-14-22;2*2-1-3/h17,23H,1-16H2,(H,20,24);2*1H,(H,2,3). The van der Waals surface area contributed by atoms with E-state index in [1.807, 2.05) is 0 Å². The molecule has 0 atom stereocenters. The largest absolute Gasteiger partial charge is 0.483 e. The summed E-state index contributed by atoms with van der Waals surface area (Å²) in [6.07, 6.45) is 10.9. The summed E-state index contributed by atoms with van der Waals surface area (Å²) in [4.78, 5) is 34.6. The Hall–Kier alpha value is -1.71. The third kappa shape index (κ3) is 8.57. The maximum atomic E-state index is 13.0.